The molecule has 3 unspecified atom stereocenters. The van der Waals surface area contributed by atoms with Crippen molar-refractivity contribution in [2.24, 2.45) is 17.8 Å². The van der Waals surface area contributed by atoms with Crippen molar-refractivity contribution in [3.8, 4) is 0 Å². The highest BCUT2D eigenvalue weighted by molar-refractivity contribution is 5.83. The van der Waals surface area contributed by atoms with Crippen LogP contribution in [0.4, 0.5) is 0 Å². The zero-order valence-electron chi connectivity index (χ0n) is 11.2. The van der Waals surface area contributed by atoms with E-state index in [1.54, 1.807) is 0 Å². The third-order valence-electron chi connectivity index (χ3n) is 4.06. The van der Waals surface area contributed by atoms with Gasteiger partial charge in [0.25, 0.3) is 0 Å². The lowest BCUT2D eigenvalue weighted by Gasteiger charge is -2.31. The molecule has 0 aromatic carbocycles. The van der Waals surface area contributed by atoms with Gasteiger partial charge in [0, 0.05) is 12.8 Å². The van der Waals surface area contributed by atoms with Crippen LogP contribution in [0.15, 0.2) is 0 Å². The fraction of sp³-hybridized carbons (Fsp3) is 0.857. The maximum Gasteiger partial charge on any atom is 0.305 e. The zero-order chi connectivity index (χ0) is 12.8. The molecular formula is C14H24O3. The molecule has 3 heteroatoms. The van der Waals surface area contributed by atoms with Crippen molar-refractivity contribution >= 4 is 11.8 Å². The van der Waals surface area contributed by atoms with Gasteiger partial charge in [-0.3, -0.25) is 9.59 Å². The fourth-order valence-electron chi connectivity index (χ4n) is 2.61. The Bertz CT molecular complexity index is 273. The Morgan fingerprint density at radius 3 is 2.41 bits per heavy atom. The second-order valence-electron chi connectivity index (χ2n) is 5.45. The lowest BCUT2D eigenvalue weighted by atomic mass is 9.74. The van der Waals surface area contributed by atoms with Gasteiger partial charge < -0.3 is 4.74 Å². The van der Waals surface area contributed by atoms with Crippen molar-refractivity contribution in [3.05, 3.63) is 0 Å². The van der Waals surface area contributed by atoms with Crippen molar-refractivity contribution in [2.75, 3.05) is 7.11 Å². The largest absolute Gasteiger partial charge is 0.469 e. The Kier molecular flexibility index (Phi) is 5.66. The summed E-state index contributed by atoms with van der Waals surface area (Å²) in [5.41, 5.74) is 0. The van der Waals surface area contributed by atoms with Gasteiger partial charge in [-0.1, -0.05) is 20.3 Å². The number of ketones is 1. The van der Waals surface area contributed by atoms with E-state index in [-0.39, 0.29) is 18.2 Å². The average Bonchev–Trinajstić information content (AvgIpc) is 2.31. The van der Waals surface area contributed by atoms with E-state index in [0.717, 1.165) is 24.7 Å². The highest BCUT2D eigenvalue weighted by atomic mass is 16.5. The zero-order valence-corrected chi connectivity index (χ0v) is 11.2. The number of Topliss-reactive ketones (excluding diaryl/α,β-unsaturated/α-hetero) is 1. The van der Waals surface area contributed by atoms with E-state index in [4.69, 9.17) is 0 Å². The fourth-order valence-corrected chi connectivity index (χ4v) is 2.61. The molecule has 0 aromatic heterocycles. The quantitative estimate of drug-likeness (QED) is 0.694. The summed E-state index contributed by atoms with van der Waals surface area (Å²) in [5, 5.41) is 0. The number of ether oxygens (including phenoxy) is 1. The standard InChI is InChI=1S/C14H24O3/c1-10-4-5-12(8-11(10)2)9-13(15)6-7-14(16)17-3/h10-12H,4-9H2,1-3H3. The topological polar surface area (TPSA) is 43.4 Å². The molecular weight excluding hydrogens is 216 g/mol. The molecule has 1 aliphatic rings. The number of hydrogen-bond donors (Lipinski definition) is 0. The van der Waals surface area contributed by atoms with E-state index in [1.807, 2.05) is 0 Å². The van der Waals surface area contributed by atoms with Crippen LogP contribution in [0.3, 0.4) is 0 Å². The molecule has 1 saturated carbocycles. The summed E-state index contributed by atoms with van der Waals surface area (Å²) in [6, 6.07) is 0. The van der Waals surface area contributed by atoms with Gasteiger partial charge in [0.2, 0.25) is 0 Å². The number of carbonyl (C=O) groups excluding carboxylic acids is 2. The molecule has 0 N–H and O–H groups in total. The molecule has 0 amide bonds. The van der Waals surface area contributed by atoms with Gasteiger partial charge in [-0.25, -0.2) is 0 Å². The molecule has 1 rings (SSSR count). The van der Waals surface area contributed by atoms with E-state index in [2.05, 4.69) is 18.6 Å². The molecule has 3 atom stereocenters. The normalized spacial score (nSPS) is 28.8. The van der Waals surface area contributed by atoms with Crippen LogP contribution in [0, 0.1) is 17.8 Å². The molecule has 0 spiro atoms. The minimum absolute atomic E-state index is 0.210. The van der Waals surface area contributed by atoms with Crippen molar-refractivity contribution in [1.29, 1.82) is 0 Å². The van der Waals surface area contributed by atoms with Crippen LogP contribution in [-0.2, 0) is 14.3 Å². The summed E-state index contributed by atoms with van der Waals surface area (Å²) >= 11 is 0. The van der Waals surface area contributed by atoms with E-state index in [1.165, 1.54) is 13.5 Å². The second kappa shape index (κ2) is 6.77. The number of methoxy groups -OCH3 is 1. The van der Waals surface area contributed by atoms with Crippen molar-refractivity contribution in [2.45, 2.75) is 52.4 Å². The van der Waals surface area contributed by atoms with Gasteiger partial charge in [-0.2, -0.15) is 0 Å². The third-order valence-corrected chi connectivity index (χ3v) is 4.06. The Labute approximate surface area is 104 Å². The summed E-state index contributed by atoms with van der Waals surface area (Å²) < 4.78 is 4.53. The summed E-state index contributed by atoms with van der Waals surface area (Å²) in [5.74, 6) is 1.97. The minimum Gasteiger partial charge on any atom is -0.469 e. The summed E-state index contributed by atoms with van der Waals surface area (Å²) in [7, 11) is 1.36. The predicted molar refractivity (Wildman–Crippen MR) is 66.5 cm³/mol. The summed E-state index contributed by atoms with van der Waals surface area (Å²) in [6.45, 7) is 4.57. The third kappa shape index (κ3) is 4.88. The molecule has 0 heterocycles. The molecule has 98 valence electrons. The number of carbonyl (C=O) groups is 2. The molecule has 0 radical (unpaired) electrons. The van der Waals surface area contributed by atoms with Crippen LogP contribution in [0.5, 0.6) is 0 Å². The Balaban J connectivity index is 2.25. The van der Waals surface area contributed by atoms with Crippen LogP contribution in [0.1, 0.15) is 52.4 Å². The van der Waals surface area contributed by atoms with E-state index in [9.17, 15) is 9.59 Å². The highest BCUT2D eigenvalue weighted by Gasteiger charge is 2.25. The first-order chi connectivity index (χ1) is 8.02. The smallest absolute Gasteiger partial charge is 0.305 e. The molecule has 17 heavy (non-hydrogen) atoms. The van der Waals surface area contributed by atoms with Gasteiger partial charge in [-0.05, 0) is 30.6 Å². The first-order valence-corrected chi connectivity index (χ1v) is 6.61. The minimum atomic E-state index is -0.288. The first kappa shape index (κ1) is 14.2. The predicted octanol–water partition coefficient (Wildman–Crippen LogP) is 2.97. The van der Waals surface area contributed by atoms with E-state index < -0.39 is 0 Å². The van der Waals surface area contributed by atoms with Crippen LogP contribution in [0.2, 0.25) is 0 Å². The first-order valence-electron chi connectivity index (χ1n) is 6.61. The molecule has 3 nitrogen and oxygen atoms in total. The van der Waals surface area contributed by atoms with E-state index >= 15 is 0 Å². The lowest BCUT2D eigenvalue weighted by Crippen LogP contribution is -2.22. The van der Waals surface area contributed by atoms with Crippen LogP contribution in [-0.4, -0.2) is 18.9 Å². The van der Waals surface area contributed by atoms with E-state index in [0.29, 0.717) is 18.8 Å². The molecule has 0 aliphatic heterocycles. The van der Waals surface area contributed by atoms with Crippen LogP contribution < -0.4 is 0 Å². The van der Waals surface area contributed by atoms with Crippen LogP contribution >= 0.6 is 0 Å². The second-order valence-corrected chi connectivity index (χ2v) is 5.45. The number of esters is 1. The Hall–Kier alpha value is -0.860. The van der Waals surface area contributed by atoms with Crippen molar-refractivity contribution in [1.82, 2.24) is 0 Å². The number of rotatable bonds is 5. The van der Waals surface area contributed by atoms with Gasteiger partial charge in [0.05, 0.1) is 13.5 Å². The van der Waals surface area contributed by atoms with Gasteiger partial charge in [0.15, 0.2) is 0 Å². The highest BCUT2D eigenvalue weighted by Crippen LogP contribution is 2.35. The SMILES string of the molecule is COC(=O)CCC(=O)CC1CCC(C)C(C)C1. The molecule has 1 aliphatic carbocycles. The average molecular weight is 240 g/mol. The maximum absolute atomic E-state index is 11.7. The van der Waals surface area contributed by atoms with Crippen LogP contribution in [0.25, 0.3) is 0 Å². The van der Waals surface area contributed by atoms with Gasteiger partial charge in [0.1, 0.15) is 5.78 Å². The molecule has 0 aromatic rings. The summed E-state index contributed by atoms with van der Waals surface area (Å²) in [4.78, 5) is 22.6. The van der Waals surface area contributed by atoms with Crippen molar-refractivity contribution < 1.29 is 14.3 Å². The van der Waals surface area contributed by atoms with Crippen molar-refractivity contribution in [3.63, 3.8) is 0 Å². The summed E-state index contributed by atoms with van der Waals surface area (Å²) in [6.07, 6.45) is 4.77. The molecule has 1 fully saturated rings. The number of hydrogen-bond acceptors (Lipinski definition) is 3. The maximum atomic E-state index is 11.7. The lowest BCUT2D eigenvalue weighted by molar-refractivity contribution is -0.142. The van der Waals surface area contributed by atoms with Gasteiger partial charge >= 0.3 is 5.97 Å². The Morgan fingerprint density at radius 2 is 1.82 bits per heavy atom. The molecule has 0 bridgehead atoms. The molecule has 0 saturated heterocycles. The van der Waals surface area contributed by atoms with Gasteiger partial charge in [-0.15, -0.1) is 0 Å². The Morgan fingerprint density at radius 1 is 1.12 bits per heavy atom. The monoisotopic (exact) mass is 240 g/mol.